The van der Waals surface area contributed by atoms with Crippen LogP contribution in [0.1, 0.15) is 55.2 Å². The van der Waals surface area contributed by atoms with E-state index < -0.39 is 23.4 Å². The lowest BCUT2D eigenvalue weighted by Crippen LogP contribution is -2.57. The molecule has 1 aliphatic rings. The van der Waals surface area contributed by atoms with Gasteiger partial charge in [-0.15, -0.1) is 6.58 Å². The highest BCUT2D eigenvalue weighted by Crippen LogP contribution is 2.37. The Labute approximate surface area is 201 Å². The minimum atomic E-state index is -0.989. The van der Waals surface area contributed by atoms with E-state index in [1.165, 1.54) is 6.07 Å². The first-order chi connectivity index (χ1) is 16.2. The maximum absolute atomic E-state index is 15.2. The fraction of sp³-hybridized carbons (Fsp3) is 0.444. The molecule has 1 N–H and O–H groups in total. The van der Waals surface area contributed by atoms with Crippen LogP contribution in [0.4, 0.5) is 8.78 Å². The summed E-state index contributed by atoms with van der Waals surface area (Å²) in [5.74, 6) is -2.97. The van der Waals surface area contributed by atoms with Gasteiger partial charge in [-0.25, -0.2) is 8.78 Å². The van der Waals surface area contributed by atoms with Crippen molar-refractivity contribution in [3.05, 3.63) is 77.4 Å². The molecule has 7 heteroatoms. The topological polar surface area (TPSA) is 47.0 Å². The summed E-state index contributed by atoms with van der Waals surface area (Å²) in [5, 5.41) is 10.0. The Morgan fingerprint density at radius 2 is 1.76 bits per heavy atom. The predicted molar refractivity (Wildman–Crippen MR) is 131 cm³/mol. The Morgan fingerprint density at radius 1 is 1.12 bits per heavy atom. The minimum Gasteiger partial charge on any atom is -0.503 e. The number of carbonyl (C=O) groups excluding carboxylic acids is 1. The second-order valence-electron chi connectivity index (χ2n) is 8.94. The molecule has 1 aliphatic heterocycles. The SMILES string of the molecule is C=CCN1C[C@@H](C)N([C@H](c2ccc(C(=O)N(CC)CC)cc2)c2ccc(F)c(O)c2F)C[C@@H]1C. The van der Waals surface area contributed by atoms with Crippen molar-refractivity contribution in [3.63, 3.8) is 0 Å². The molecule has 3 atom stereocenters. The lowest BCUT2D eigenvalue weighted by Gasteiger charge is -2.47. The molecule has 34 heavy (non-hydrogen) atoms. The maximum atomic E-state index is 15.2. The molecule has 0 bridgehead atoms. The van der Waals surface area contributed by atoms with Gasteiger partial charge in [0, 0.05) is 55.9 Å². The van der Waals surface area contributed by atoms with Crippen molar-refractivity contribution in [2.75, 3.05) is 32.7 Å². The lowest BCUT2D eigenvalue weighted by molar-refractivity contribution is 0.0297. The van der Waals surface area contributed by atoms with Gasteiger partial charge in [0.05, 0.1) is 6.04 Å². The van der Waals surface area contributed by atoms with Crippen LogP contribution in [-0.4, -0.2) is 70.5 Å². The van der Waals surface area contributed by atoms with Crippen LogP contribution >= 0.6 is 0 Å². The molecule has 0 radical (unpaired) electrons. The molecule has 1 saturated heterocycles. The van der Waals surface area contributed by atoms with Gasteiger partial charge in [0.15, 0.2) is 17.4 Å². The summed E-state index contributed by atoms with van der Waals surface area (Å²) in [7, 11) is 0. The zero-order valence-electron chi connectivity index (χ0n) is 20.5. The molecule has 1 heterocycles. The molecule has 0 aromatic heterocycles. The standard InChI is InChI=1S/C27H35F2N3O2/c1-6-15-31-16-19(5)32(17-18(31)4)25(22-13-14-23(28)26(33)24(22)29)20-9-11-21(12-10-20)27(34)30(7-2)8-3/h6,9-14,18-19,25,33H,1,7-8,15-17H2,2-5H3/t18-,19+,25+/m0/s1. The van der Waals surface area contributed by atoms with Crippen LogP contribution in [0.2, 0.25) is 0 Å². The third kappa shape index (κ3) is 5.15. The summed E-state index contributed by atoms with van der Waals surface area (Å²) < 4.78 is 29.0. The van der Waals surface area contributed by atoms with Gasteiger partial charge >= 0.3 is 0 Å². The van der Waals surface area contributed by atoms with Gasteiger partial charge in [-0.1, -0.05) is 24.3 Å². The van der Waals surface area contributed by atoms with Crippen LogP contribution in [0.15, 0.2) is 49.1 Å². The Morgan fingerprint density at radius 3 is 2.35 bits per heavy atom. The fourth-order valence-electron chi connectivity index (χ4n) is 4.82. The average Bonchev–Trinajstić information content (AvgIpc) is 2.83. The zero-order chi connectivity index (χ0) is 25.0. The number of piperazine rings is 1. The molecule has 1 fully saturated rings. The number of hydrogen-bond acceptors (Lipinski definition) is 4. The first-order valence-corrected chi connectivity index (χ1v) is 11.9. The minimum absolute atomic E-state index is 0.0567. The smallest absolute Gasteiger partial charge is 0.253 e. The molecule has 184 valence electrons. The quantitative estimate of drug-likeness (QED) is 0.561. The molecule has 3 rings (SSSR count). The molecular weight excluding hydrogens is 436 g/mol. The Balaban J connectivity index is 2.04. The van der Waals surface area contributed by atoms with E-state index in [-0.39, 0.29) is 23.6 Å². The summed E-state index contributed by atoms with van der Waals surface area (Å²) >= 11 is 0. The second-order valence-corrected chi connectivity index (χ2v) is 8.94. The van der Waals surface area contributed by atoms with E-state index >= 15 is 4.39 Å². The molecular formula is C27H35F2N3O2. The number of amides is 1. The van der Waals surface area contributed by atoms with E-state index in [1.807, 2.05) is 32.1 Å². The summed E-state index contributed by atoms with van der Waals surface area (Å²) in [4.78, 5) is 19.0. The van der Waals surface area contributed by atoms with Crippen LogP contribution in [-0.2, 0) is 0 Å². The van der Waals surface area contributed by atoms with Crippen LogP contribution in [0, 0.1) is 11.6 Å². The Kier molecular flexibility index (Phi) is 8.44. The number of aromatic hydroxyl groups is 1. The maximum Gasteiger partial charge on any atom is 0.253 e. The van der Waals surface area contributed by atoms with Gasteiger partial charge in [-0.05, 0) is 51.5 Å². The highest BCUT2D eigenvalue weighted by atomic mass is 19.1. The van der Waals surface area contributed by atoms with E-state index in [0.717, 1.165) is 24.7 Å². The molecule has 0 aliphatic carbocycles. The number of phenols is 1. The first-order valence-electron chi connectivity index (χ1n) is 11.9. The number of halogens is 2. The van der Waals surface area contributed by atoms with Crippen molar-refractivity contribution < 1.29 is 18.7 Å². The number of benzene rings is 2. The highest BCUT2D eigenvalue weighted by Gasteiger charge is 2.36. The van der Waals surface area contributed by atoms with Gasteiger partial charge < -0.3 is 10.0 Å². The van der Waals surface area contributed by atoms with E-state index in [0.29, 0.717) is 25.2 Å². The molecule has 0 saturated carbocycles. The molecule has 1 amide bonds. The van der Waals surface area contributed by atoms with Crippen LogP contribution in [0.3, 0.4) is 0 Å². The van der Waals surface area contributed by atoms with Gasteiger partial charge in [-0.2, -0.15) is 0 Å². The Bertz CT molecular complexity index is 1010. The normalized spacial score (nSPS) is 20.2. The lowest BCUT2D eigenvalue weighted by atomic mass is 9.92. The summed E-state index contributed by atoms with van der Waals surface area (Å²) in [6.45, 7) is 15.3. The number of nitrogens with zero attached hydrogens (tertiary/aromatic N) is 3. The zero-order valence-corrected chi connectivity index (χ0v) is 20.5. The van der Waals surface area contributed by atoms with E-state index in [9.17, 15) is 14.3 Å². The number of hydrogen-bond donors (Lipinski definition) is 1. The third-order valence-corrected chi connectivity index (χ3v) is 6.77. The number of phenolic OH excluding ortho intramolecular Hbond substituents is 1. The second kappa shape index (κ2) is 11.1. The van der Waals surface area contributed by atoms with Crippen molar-refractivity contribution in [3.8, 4) is 5.75 Å². The monoisotopic (exact) mass is 471 g/mol. The molecule has 0 unspecified atom stereocenters. The van der Waals surface area contributed by atoms with Crippen molar-refractivity contribution >= 4 is 5.91 Å². The summed E-state index contributed by atoms with van der Waals surface area (Å²) in [6, 6.07) is 9.37. The highest BCUT2D eigenvalue weighted by molar-refractivity contribution is 5.94. The van der Waals surface area contributed by atoms with Gasteiger partial charge in [0.25, 0.3) is 5.91 Å². The largest absolute Gasteiger partial charge is 0.503 e. The van der Waals surface area contributed by atoms with Crippen molar-refractivity contribution in [2.24, 2.45) is 0 Å². The average molecular weight is 472 g/mol. The van der Waals surface area contributed by atoms with E-state index in [1.54, 1.807) is 17.0 Å². The molecule has 2 aromatic rings. The van der Waals surface area contributed by atoms with E-state index in [2.05, 4.69) is 30.2 Å². The van der Waals surface area contributed by atoms with Crippen molar-refractivity contribution in [1.29, 1.82) is 0 Å². The van der Waals surface area contributed by atoms with Crippen LogP contribution in [0.25, 0.3) is 0 Å². The van der Waals surface area contributed by atoms with Crippen molar-refractivity contribution in [2.45, 2.75) is 45.8 Å². The van der Waals surface area contributed by atoms with Gasteiger partial charge in [-0.3, -0.25) is 14.6 Å². The number of carbonyl (C=O) groups is 1. The third-order valence-electron chi connectivity index (χ3n) is 6.77. The fourth-order valence-corrected chi connectivity index (χ4v) is 4.82. The van der Waals surface area contributed by atoms with Crippen LogP contribution < -0.4 is 0 Å². The first kappa shape index (κ1) is 25.8. The van der Waals surface area contributed by atoms with E-state index in [4.69, 9.17) is 0 Å². The number of rotatable bonds is 8. The molecule has 2 aromatic carbocycles. The van der Waals surface area contributed by atoms with Gasteiger partial charge in [0.2, 0.25) is 0 Å². The predicted octanol–water partition coefficient (Wildman–Crippen LogP) is 4.82. The summed E-state index contributed by atoms with van der Waals surface area (Å²) in [5.41, 5.74) is 1.54. The molecule has 0 spiro atoms. The van der Waals surface area contributed by atoms with Gasteiger partial charge in [0.1, 0.15) is 0 Å². The Hall–Kier alpha value is -2.77. The molecule has 5 nitrogen and oxygen atoms in total. The van der Waals surface area contributed by atoms with Crippen molar-refractivity contribution in [1.82, 2.24) is 14.7 Å². The summed E-state index contributed by atoms with van der Waals surface area (Å²) in [6.07, 6.45) is 1.87. The van der Waals surface area contributed by atoms with Crippen LogP contribution in [0.5, 0.6) is 5.75 Å².